The van der Waals surface area contributed by atoms with E-state index >= 15 is 0 Å². The number of ether oxygens (including phenoxy) is 2. The highest BCUT2D eigenvalue weighted by molar-refractivity contribution is 8.18. The van der Waals surface area contributed by atoms with E-state index in [0.717, 1.165) is 5.56 Å². The first-order valence-corrected chi connectivity index (χ1v) is 9.47. The number of methoxy groups -OCH3 is 1. The first-order chi connectivity index (χ1) is 13.5. The molecule has 0 saturated carbocycles. The van der Waals surface area contributed by atoms with E-state index in [4.69, 9.17) is 16.3 Å². The summed E-state index contributed by atoms with van der Waals surface area (Å²) >= 11 is 7.28. The molecule has 3 rings (SSSR count). The fourth-order valence-electron chi connectivity index (χ4n) is 2.32. The van der Waals surface area contributed by atoms with Crippen LogP contribution in [0.2, 0.25) is 5.02 Å². The molecule has 0 atom stereocenters. The number of esters is 1. The Hall–Kier alpha value is -2.77. The van der Waals surface area contributed by atoms with Crippen molar-refractivity contribution in [3.63, 3.8) is 0 Å². The van der Waals surface area contributed by atoms with E-state index in [-0.39, 0.29) is 12.5 Å². The van der Waals surface area contributed by atoms with Gasteiger partial charge in [0.25, 0.3) is 5.91 Å². The first kappa shape index (κ1) is 20.0. The van der Waals surface area contributed by atoms with Gasteiger partial charge in [-0.25, -0.2) is 9.79 Å². The standard InChI is InChI=1S/C20H17ClN2O4S/c1-23-19(25)17(28-20(23)22-15-5-3-4-14(21)11-15)10-13-6-8-16(9-7-13)27-12-18(24)26-2/h3-11H,12H2,1-2H3/b17-10+,22-20?. The number of aliphatic imine (C=N–C) groups is 1. The average Bonchev–Trinajstić information content (AvgIpc) is 2.95. The van der Waals surface area contributed by atoms with Crippen LogP contribution in [0.1, 0.15) is 5.56 Å². The molecule has 28 heavy (non-hydrogen) atoms. The molecule has 144 valence electrons. The molecule has 1 aliphatic heterocycles. The zero-order valence-electron chi connectivity index (χ0n) is 15.2. The molecular weight excluding hydrogens is 400 g/mol. The average molecular weight is 417 g/mol. The quantitative estimate of drug-likeness (QED) is 0.541. The maximum atomic E-state index is 12.5. The number of nitrogens with zero attached hydrogens (tertiary/aromatic N) is 2. The molecule has 0 aliphatic carbocycles. The minimum absolute atomic E-state index is 0.128. The molecule has 1 saturated heterocycles. The maximum Gasteiger partial charge on any atom is 0.343 e. The van der Waals surface area contributed by atoms with E-state index in [1.165, 1.54) is 23.8 Å². The lowest BCUT2D eigenvalue weighted by atomic mass is 10.2. The van der Waals surface area contributed by atoms with Crippen molar-refractivity contribution in [2.24, 2.45) is 4.99 Å². The van der Waals surface area contributed by atoms with Crippen LogP contribution in [0.5, 0.6) is 5.75 Å². The third kappa shape index (κ3) is 4.94. The zero-order chi connectivity index (χ0) is 20.1. The Morgan fingerprint density at radius 3 is 2.68 bits per heavy atom. The number of thioether (sulfide) groups is 1. The summed E-state index contributed by atoms with van der Waals surface area (Å²) in [5, 5.41) is 1.17. The summed E-state index contributed by atoms with van der Waals surface area (Å²) in [6, 6.07) is 14.2. The third-order valence-corrected chi connectivity index (χ3v) is 5.09. The highest BCUT2D eigenvalue weighted by Gasteiger charge is 2.30. The maximum absolute atomic E-state index is 12.5. The molecule has 0 radical (unpaired) electrons. The molecule has 1 aliphatic rings. The summed E-state index contributed by atoms with van der Waals surface area (Å²) < 4.78 is 9.84. The highest BCUT2D eigenvalue weighted by atomic mass is 35.5. The molecule has 8 heteroatoms. The summed E-state index contributed by atoms with van der Waals surface area (Å²) in [7, 11) is 2.99. The number of hydrogen-bond acceptors (Lipinski definition) is 6. The van der Waals surface area contributed by atoms with Crippen LogP contribution < -0.4 is 4.74 Å². The van der Waals surface area contributed by atoms with Crippen molar-refractivity contribution in [2.45, 2.75) is 0 Å². The number of carbonyl (C=O) groups is 2. The van der Waals surface area contributed by atoms with Crippen LogP contribution in [0.3, 0.4) is 0 Å². The molecule has 0 spiro atoms. The molecule has 1 heterocycles. The Bertz CT molecular complexity index is 957. The topological polar surface area (TPSA) is 68.2 Å². The van der Waals surface area contributed by atoms with Crippen LogP contribution in [0.4, 0.5) is 5.69 Å². The second kappa shape index (κ2) is 8.95. The lowest BCUT2D eigenvalue weighted by Crippen LogP contribution is -2.23. The smallest absolute Gasteiger partial charge is 0.343 e. The molecule has 1 fully saturated rings. The van der Waals surface area contributed by atoms with Gasteiger partial charge in [-0.05, 0) is 53.7 Å². The Morgan fingerprint density at radius 2 is 2.00 bits per heavy atom. The predicted molar refractivity (Wildman–Crippen MR) is 111 cm³/mol. The van der Waals surface area contributed by atoms with Gasteiger partial charge in [0.2, 0.25) is 0 Å². The molecule has 2 aromatic rings. The number of benzene rings is 2. The largest absolute Gasteiger partial charge is 0.482 e. The van der Waals surface area contributed by atoms with Gasteiger partial charge in [0, 0.05) is 12.1 Å². The summed E-state index contributed by atoms with van der Waals surface area (Å²) in [4.78, 5) is 30.2. The molecule has 6 nitrogen and oxygen atoms in total. The van der Waals surface area contributed by atoms with Crippen LogP contribution >= 0.6 is 23.4 Å². The summed E-state index contributed by atoms with van der Waals surface area (Å²) in [5.74, 6) is -0.0382. The van der Waals surface area contributed by atoms with Crippen LogP contribution in [-0.2, 0) is 14.3 Å². The van der Waals surface area contributed by atoms with Crippen molar-refractivity contribution in [3.8, 4) is 5.75 Å². The second-order valence-electron chi connectivity index (χ2n) is 5.78. The van der Waals surface area contributed by atoms with Crippen molar-refractivity contribution in [1.82, 2.24) is 4.90 Å². The second-order valence-corrected chi connectivity index (χ2v) is 7.23. The summed E-state index contributed by atoms with van der Waals surface area (Å²) in [6.07, 6.45) is 1.79. The van der Waals surface area contributed by atoms with Crippen LogP contribution in [0, 0.1) is 0 Å². The van der Waals surface area contributed by atoms with Gasteiger partial charge in [-0.1, -0.05) is 29.8 Å². The minimum atomic E-state index is -0.450. The van der Waals surface area contributed by atoms with E-state index in [2.05, 4.69) is 9.73 Å². The predicted octanol–water partition coefficient (Wildman–Crippen LogP) is 4.13. The molecule has 1 amide bonds. The van der Waals surface area contributed by atoms with Crippen molar-refractivity contribution >= 4 is 52.2 Å². The number of hydrogen-bond donors (Lipinski definition) is 0. The molecule has 2 aromatic carbocycles. The zero-order valence-corrected chi connectivity index (χ0v) is 16.8. The molecular formula is C20H17ClN2O4S. The fourth-order valence-corrected chi connectivity index (χ4v) is 3.49. The molecule has 0 unspecified atom stereocenters. The van der Waals surface area contributed by atoms with Crippen LogP contribution in [0.25, 0.3) is 6.08 Å². The van der Waals surface area contributed by atoms with E-state index in [1.54, 1.807) is 49.5 Å². The Balaban J connectivity index is 1.73. The Morgan fingerprint density at radius 1 is 1.25 bits per heavy atom. The van der Waals surface area contributed by atoms with Gasteiger partial charge >= 0.3 is 5.97 Å². The van der Waals surface area contributed by atoms with Crippen molar-refractivity contribution < 1.29 is 19.1 Å². The highest BCUT2D eigenvalue weighted by Crippen LogP contribution is 2.33. The van der Waals surface area contributed by atoms with Crippen molar-refractivity contribution in [1.29, 1.82) is 0 Å². The summed E-state index contributed by atoms with van der Waals surface area (Å²) in [6.45, 7) is -0.153. The molecule has 0 N–H and O–H groups in total. The number of likely N-dealkylation sites (N-methyl/N-ethyl adjacent to an activating group) is 1. The van der Waals surface area contributed by atoms with Crippen molar-refractivity contribution in [2.75, 3.05) is 20.8 Å². The Labute approximate surface area is 171 Å². The normalized spacial score (nSPS) is 16.7. The van der Waals surface area contributed by atoms with E-state index in [1.807, 2.05) is 12.1 Å². The number of amides is 1. The van der Waals surface area contributed by atoms with Crippen molar-refractivity contribution in [3.05, 3.63) is 64.0 Å². The molecule has 0 bridgehead atoms. The molecule has 0 aromatic heterocycles. The third-order valence-electron chi connectivity index (χ3n) is 3.80. The van der Waals surface area contributed by atoms with E-state index in [0.29, 0.717) is 26.5 Å². The lowest BCUT2D eigenvalue weighted by Gasteiger charge is -2.07. The Kier molecular flexibility index (Phi) is 6.38. The van der Waals surface area contributed by atoms with Gasteiger partial charge in [-0.15, -0.1) is 0 Å². The van der Waals surface area contributed by atoms with Gasteiger partial charge in [0.05, 0.1) is 17.7 Å². The fraction of sp³-hybridized carbons (Fsp3) is 0.150. The van der Waals surface area contributed by atoms with E-state index in [9.17, 15) is 9.59 Å². The van der Waals surface area contributed by atoms with Crippen LogP contribution in [0.15, 0.2) is 58.4 Å². The van der Waals surface area contributed by atoms with E-state index < -0.39 is 5.97 Å². The lowest BCUT2D eigenvalue weighted by molar-refractivity contribution is -0.142. The van der Waals surface area contributed by atoms with Gasteiger partial charge in [-0.3, -0.25) is 9.69 Å². The monoisotopic (exact) mass is 416 g/mol. The van der Waals surface area contributed by atoms with Gasteiger partial charge in [0.15, 0.2) is 11.8 Å². The van der Waals surface area contributed by atoms with Gasteiger partial charge in [-0.2, -0.15) is 0 Å². The van der Waals surface area contributed by atoms with Gasteiger partial charge < -0.3 is 9.47 Å². The minimum Gasteiger partial charge on any atom is -0.482 e. The van der Waals surface area contributed by atoms with Gasteiger partial charge in [0.1, 0.15) is 5.75 Å². The number of carbonyl (C=O) groups excluding carboxylic acids is 2. The number of amidine groups is 1. The summed E-state index contributed by atoms with van der Waals surface area (Å²) in [5.41, 5.74) is 1.52. The van der Waals surface area contributed by atoms with Crippen LogP contribution in [-0.4, -0.2) is 42.7 Å². The number of rotatable bonds is 5. The SMILES string of the molecule is COC(=O)COc1ccc(/C=C2/SC(=Nc3cccc(Cl)c3)N(C)C2=O)cc1. The first-order valence-electron chi connectivity index (χ1n) is 8.28. The number of halogens is 1.